The van der Waals surface area contributed by atoms with Gasteiger partial charge in [0.1, 0.15) is 12.4 Å². The van der Waals surface area contributed by atoms with Crippen molar-refractivity contribution in [2.24, 2.45) is 0 Å². The molecule has 0 aliphatic rings. The second kappa shape index (κ2) is 9.67. The molecule has 0 N–H and O–H groups in total. The fourth-order valence-corrected chi connectivity index (χ4v) is 3.72. The van der Waals surface area contributed by atoms with Crippen molar-refractivity contribution in [1.82, 2.24) is 9.55 Å². The molecule has 0 unspecified atom stereocenters. The molecule has 1 aromatic heterocycles. The summed E-state index contributed by atoms with van der Waals surface area (Å²) in [5.41, 5.74) is 3.48. The molecule has 0 saturated carbocycles. The fourth-order valence-electron chi connectivity index (χ4n) is 3.30. The van der Waals surface area contributed by atoms with E-state index in [1.54, 1.807) is 16.3 Å². The van der Waals surface area contributed by atoms with E-state index in [-0.39, 0.29) is 12.3 Å². The molecule has 0 spiro atoms. The number of terminal acetylenes is 1. The quantitative estimate of drug-likeness (QED) is 0.392. The van der Waals surface area contributed by atoms with Crippen LogP contribution in [0.4, 0.5) is 0 Å². The van der Waals surface area contributed by atoms with Gasteiger partial charge < -0.3 is 4.74 Å². The average molecular weight is 407 g/mol. The molecular formula is C24H26N2O2S. The van der Waals surface area contributed by atoms with E-state index in [2.05, 4.69) is 43.1 Å². The van der Waals surface area contributed by atoms with E-state index in [4.69, 9.17) is 11.2 Å². The Hall–Kier alpha value is -2.71. The standard InChI is InChI=1S/C24H26N2O2S/c1-5-14-28-20-11-12-22-21(16-20)23(19-9-7-18(8-10-19)17(2)3)25-24(27)26(22)13-6-15-29-4/h1,7-12,16-17H,6,13-15H2,2-4H3. The molecule has 3 rings (SSSR count). The number of rotatable bonds is 8. The van der Waals surface area contributed by atoms with E-state index in [1.807, 2.05) is 30.3 Å². The molecule has 0 saturated heterocycles. The Labute approximate surface area is 176 Å². The molecule has 150 valence electrons. The van der Waals surface area contributed by atoms with Crippen molar-refractivity contribution in [2.45, 2.75) is 32.7 Å². The largest absolute Gasteiger partial charge is 0.481 e. The number of aromatic nitrogens is 2. The van der Waals surface area contributed by atoms with Crippen molar-refractivity contribution in [3.05, 3.63) is 58.5 Å². The molecule has 0 radical (unpaired) electrons. The smallest absolute Gasteiger partial charge is 0.348 e. The number of fused-ring (bicyclic) bond motifs is 1. The van der Waals surface area contributed by atoms with Gasteiger partial charge in [-0.1, -0.05) is 44.0 Å². The molecule has 29 heavy (non-hydrogen) atoms. The molecule has 4 nitrogen and oxygen atoms in total. The number of hydrogen-bond acceptors (Lipinski definition) is 4. The van der Waals surface area contributed by atoms with Crippen molar-refractivity contribution in [2.75, 3.05) is 18.6 Å². The minimum absolute atomic E-state index is 0.199. The Morgan fingerprint density at radius 2 is 1.97 bits per heavy atom. The van der Waals surface area contributed by atoms with E-state index in [0.29, 0.717) is 23.9 Å². The fraction of sp³-hybridized carbons (Fsp3) is 0.333. The average Bonchev–Trinajstić information content (AvgIpc) is 2.73. The van der Waals surface area contributed by atoms with Crippen molar-refractivity contribution in [1.29, 1.82) is 0 Å². The Morgan fingerprint density at radius 1 is 1.21 bits per heavy atom. The summed E-state index contributed by atoms with van der Waals surface area (Å²) in [5.74, 6) is 4.60. The molecule has 0 aliphatic carbocycles. The zero-order valence-electron chi connectivity index (χ0n) is 17.1. The van der Waals surface area contributed by atoms with Crippen molar-refractivity contribution >= 4 is 22.7 Å². The Morgan fingerprint density at radius 3 is 2.62 bits per heavy atom. The molecule has 2 aromatic carbocycles. The van der Waals surface area contributed by atoms with Crippen LogP contribution in [0.25, 0.3) is 22.2 Å². The van der Waals surface area contributed by atoms with E-state index >= 15 is 0 Å². The van der Waals surface area contributed by atoms with Crippen molar-refractivity contribution in [3.63, 3.8) is 0 Å². The van der Waals surface area contributed by atoms with Crippen LogP contribution in [-0.4, -0.2) is 28.2 Å². The summed E-state index contributed by atoms with van der Waals surface area (Å²) in [7, 11) is 0. The van der Waals surface area contributed by atoms with Gasteiger partial charge in [0.25, 0.3) is 0 Å². The first-order valence-corrected chi connectivity index (χ1v) is 11.1. The summed E-state index contributed by atoms with van der Waals surface area (Å²) in [6.45, 7) is 5.16. The summed E-state index contributed by atoms with van der Waals surface area (Å²) in [5, 5.41) is 0.889. The van der Waals surface area contributed by atoms with Gasteiger partial charge in [-0.25, -0.2) is 4.79 Å². The van der Waals surface area contributed by atoms with E-state index < -0.39 is 0 Å². The summed E-state index contributed by atoms with van der Waals surface area (Å²) in [4.78, 5) is 17.3. The van der Waals surface area contributed by atoms with Gasteiger partial charge in [0.2, 0.25) is 0 Å². The number of aryl methyl sites for hydroxylation is 1. The Kier molecular flexibility index (Phi) is 7.00. The number of thioether (sulfide) groups is 1. The van der Waals surface area contributed by atoms with Crippen LogP contribution in [0.1, 0.15) is 31.7 Å². The number of hydrogen-bond donors (Lipinski definition) is 0. The van der Waals surface area contributed by atoms with E-state index in [9.17, 15) is 4.79 Å². The molecule has 0 amide bonds. The lowest BCUT2D eigenvalue weighted by atomic mass is 9.99. The van der Waals surface area contributed by atoms with Crippen LogP contribution in [0.3, 0.4) is 0 Å². The molecule has 0 bridgehead atoms. The van der Waals surface area contributed by atoms with Crippen LogP contribution < -0.4 is 10.4 Å². The first-order chi connectivity index (χ1) is 14.0. The normalized spacial score (nSPS) is 11.0. The van der Waals surface area contributed by atoms with Gasteiger partial charge in [-0.05, 0) is 48.1 Å². The highest BCUT2D eigenvalue weighted by Gasteiger charge is 2.14. The maximum absolute atomic E-state index is 12.8. The predicted molar refractivity (Wildman–Crippen MR) is 123 cm³/mol. The van der Waals surface area contributed by atoms with E-state index in [0.717, 1.165) is 28.6 Å². The molecule has 0 fully saturated rings. The van der Waals surface area contributed by atoms with Crippen molar-refractivity contribution < 1.29 is 4.74 Å². The second-order valence-corrected chi connectivity index (χ2v) is 8.18. The predicted octanol–water partition coefficient (Wildman–Crippen LogP) is 4.95. The molecular weight excluding hydrogens is 380 g/mol. The van der Waals surface area contributed by atoms with Gasteiger partial charge in [0, 0.05) is 17.5 Å². The van der Waals surface area contributed by atoms with Gasteiger partial charge in [0.15, 0.2) is 0 Å². The highest BCUT2D eigenvalue weighted by Crippen LogP contribution is 2.30. The first-order valence-electron chi connectivity index (χ1n) is 9.75. The van der Waals surface area contributed by atoms with E-state index in [1.165, 1.54) is 5.56 Å². The zero-order valence-corrected chi connectivity index (χ0v) is 18.0. The lowest BCUT2D eigenvalue weighted by molar-refractivity contribution is 0.371. The second-order valence-electron chi connectivity index (χ2n) is 7.19. The third-order valence-corrected chi connectivity index (χ3v) is 5.55. The van der Waals surface area contributed by atoms with Crippen LogP contribution in [0.5, 0.6) is 5.75 Å². The third-order valence-electron chi connectivity index (χ3n) is 4.86. The summed E-state index contributed by atoms with van der Waals surface area (Å²) < 4.78 is 7.37. The minimum atomic E-state index is -0.223. The summed E-state index contributed by atoms with van der Waals surface area (Å²) >= 11 is 1.77. The lowest BCUT2D eigenvalue weighted by Gasteiger charge is -2.14. The molecule has 0 aliphatic heterocycles. The molecule has 5 heteroatoms. The molecule has 3 aromatic rings. The van der Waals surface area contributed by atoms with Crippen LogP contribution >= 0.6 is 11.8 Å². The number of benzene rings is 2. The maximum Gasteiger partial charge on any atom is 0.348 e. The topological polar surface area (TPSA) is 44.1 Å². The SMILES string of the molecule is C#CCOc1ccc2c(c1)c(-c1ccc(C(C)C)cc1)nc(=O)n2CCCSC. The Bertz CT molecular complexity index is 1080. The highest BCUT2D eigenvalue weighted by molar-refractivity contribution is 7.98. The van der Waals surface area contributed by atoms with Gasteiger partial charge in [0.05, 0.1) is 11.2 Å². The van der Waals surface area contributed by atoms with Crippen molar-refractivity contribution in [3.8, 4) is 29.4 Å². The monoisotopic (exact) mass is 406 g/mol. The molecule has 0 atom stereocenters. The number of nitrogens with zero attached hydrogens (tertiary/aromatic N) is 2. The van der Waals surface area contributed by atoms with Gasteiger partial charge in [-0.15, -0.1) is 6.42 Å². The number of ether oxygens (including phenoxy) is 1. The maximum atomic E-state index is 12.8. The van der Waals surface area contributed by atoms with Gasteiger partial charge >= 0.3 is 5.69 Å². The van der Waals surface area contributed by atoms with Crippen LogP contribution in [0, 0.1) is 12.3 Å². The van der Waals surface area contributed by atoms with Crippen LogP contribution in [0.15, 0.2) is 47.3 Å². The van der Waals surface area contributed by atoms with Crippen LogP contribution in [0.2, 0.25) is 0 Å². The summed E-state index contributed by atoms with van der Waals surface area (Å²) in [6.07, 6.45) is 8.31. The van der Waals surface area contributed by atoms with Crippen LogP contribution in [-0.2, 0) is 6.54 Å². The summed E-state index contributed by atoms with van der Waals surface area (Å²) in [6, 6.07) is 14.0. The van der Waals surface area contributed by atoms with Gasteiger partial charge in [-0.2, -0.15) is 16.7 Å². The minimum Gasteiger partial charge on any atom is -0.481 e. The Balaban J connectivity index is 2.15. The molecule has 1 heterocycles. The highest BCUT2D eigenvalue weighted by atomic mass is 32.2. The lowest BCUT2D eigenvalue weighted by Crippen LogP contribution is -2.24. The zero-order chi connectivity index (χ0) is 20.8. The first kappa shape index (κ1) is 21.0. The van der Waals surface area contributed by atoms with Gasteiger partial charge in [-0.3, -0.25) is 4.57 Å². The third kappa shape index (κ3) is 4.83.